The Morgan fingerprint density at radius 3 is 2.54 bits per heavy atom. The second kappa shape index (κ2) is 11.3. The van der Waals surface area contributed by atoms with Crippen molar-refractivity contribution < 1.29 is 14.0 Å². The van der Waals surface area contributed by atoms with Crippen molar-refractivity contribution in [1.82, 2.24) is 14.8 Å². The third kappa shape index (κ3) is 5.59. The molecule has 0 bridgehead atoms. The zero-order valence-corrected chi connectivity index (χ0v) is 21.8. The Balaban J connectivity index is 1.17. The number of benzene rings is 2. The quantitative estimate of drug-likeness (QED) is 0.404. The number of carbonyl (C=O) groups excluding carboxylic acids is 2. The van der Waals surface area contributed by atoms with Crippen molar-refractivity contribution >= 4 is 34.2 Å². The van der Waals surface area contributed by atoms with Gasteiger partial charge in [0.1, 0.15) is 11.5 Å². The van der Waals surface area contributed by atoms with E-state index in [1.807, 2.05) is 23.1 Å². The standard InChI is InChI=1S/C29H34ClFN4O2/c30-26-24-8-3-19(9-13-32)18-25(24)33-27(26)29(37)35-14-1-2-23(35)12-17-34-15-10-21(11-16-34)28(36)20-4-6-22(31)7-5-20/h3-8,18,21,23,33H,1-2,9-17,32H2/t23-/m0/s1. The lowest BCUT2D eigenvalue weighted by atomic mass is 9.88. The van der Waals surface area contributed by atoms with Crippen LogP contribution in [0.25, 0.3) is 10.9 Å². The highest BCUT2D eigenvalue weighted by atomic mass is 35.5. The van der Waals surface area contributed by atoms with Gasteiger partial charge < -0.3 is 20.5 Å². The summed E-state index contributed by atoms with van der Waals surface area (Å²) in [4.78, 5) is 33.9. The molecule has 0 unspecified atom stereocenters. The van der Waals surface area contributed by atoms with Crippen molar-refractivity contribution in [1.29, 1.82) is 0 Å². The maximum atomic E-state index is 13.5. The van der Waals surface area contributed by atoms with E-state index in [0.717, 1.165) is 81.2 Å². The molecule has 1 aromatic heterocycles. The van der Waals surface area contributed by atoms with Crippen LogP contribution in [-0.4, -0.2) is 65.2 Å². The highest BCUT2D eigenvalue weighted by molar-refractivity contribution is 6.38. The number of carbonyl (C=O) groups is 2. The van der Waals surface area contributed by atoms with E-state index in [0.29, 0.717) is 22.8 Å². The largest absolute Gasteiger partial charge is 0.349 e. The number of fused-ring (bicyclic) bond motifs is 1. The molecule has 2 fully saturated rings. The summed E-state index contributed by atoms with van der Waals surface area (Å²) in [5.41, 5.74) is 8.73. The average molecular weight is 525 g/mol. The molecule has 3 aromatic rings. The molecule has 0 saturated carbocycles. The number of nitrogens with one attached hydrogen (secondary N) is 1. The first kappa shape index (κ1) is 25.9. The van der Waals surface area contributed by atoms with Gasteiger partial charge in [0, 0.05) is 41.5 Å². The number of amides is 1. The monoisotopic (exact) mass is 524 g/mol. The van der Waals surface area contributed by atoms with Gasteiger partial charge in [0.15, 0.2) is 5.78 Å². The van der Waals surface area contributed by atoms with E-state index in [-0.39, 0.29) is 29.5 Å². The third-order valence-electron chi connectivity index (χ3n) is 7.95. The lowest BCUT2D eigenvalue weighted by Gasteiger charge is -2.33. The van der Waals surface area contributed by atoms with Gasteiger partial charge in [-0.3, -0.25) is 9.59 Å². The molecule has 3 heterocycles. The van der Waals surface area contributed by atoms with Gasteiger partial charge in [0.25, 0.3) is 5.91 Å². The number of rotatable bonds is 8. The van der Waals surface area contributed by atoms with Gasteiger partial charge in [0.05, 0.1) is 5.02 Å². The Bertz CT molecular complexity index is 1270. The van der Waals surface area contributed by atoms with Crippen LogP contribution in [0.5, 0.6) is 0 Å². The fourth-order valence-electron chi connectivity index (χ4n) is 5.83. The number of halogens is 2. The molecule has 2 aromatic carbocycles. The lowest BCUT2D eigenvalue weighted by molar-refractivity contribution is 0.0700. The minimum absolute atomic E-state index is 0.0132. The zero-order valence-electron chi connectivity index (χ0n) is 21.0. The molecule has 5 rings (SSSR count). The molecule has 1 amide bonds. The van der Waals surface area contributed by atoms with Gasteiger partial charge in [0.2, 0.25) is 0 Å². The molecule has 6 nitrogen and oxygen atoms in total. The number of hydrogen-bond donors (Lipinski definition) is 2. The van der Waals surface area contributed by atoms with E-state index in [1.165, 1.54) is 12.1 Å². The number of Topliss-reactive ketones (excluding diaryl/α,β-unsaturated/α-hetero) is 1. The van der Waals surface area contributed by atoms with Crippen LogP contribution >= 0.6 is 11.6 Å². The molecule has 37 heavy (non-hydrogen) atoms. The van der Waals surface area contributed by atoms with E-state index in [4.69, 9.17) is 17.3 Å². The first-order valence-electron chi connectivity index (χ1n) is 13.3. The molecule has 3 N–H and O–H groups in total. The predicted octanol–water partition coefficient (Wildman–Crippen LogP) is 5.05. The van der Waals surface area contributed by atoms with Crippen LogP contribution in [0, 0.1) is 11.7 Å². The van der Waals surface area contributed by atoms with Crippen LogP contribution in [0.3, 0.4) is 0 Å². The van der Waals surface area contributed by atoms with Crippen LogP contribution in [0.2, 0.25) is 5.02 Å². The minimum Gasteiger partial charge on any atom is -0.349 e. The van der Waals surface area contributed by atoms with Gasteiger partial charge in [-0.25, -0.2) is 4.39 Å². The van der Waals surface area contributed by atoms with E-state index < -0.39 is 0 Å². The van der Waals surface area contributed by atoms with Crippen molar-refractivity contribution in [3.8, 4) is 0 Å². The topological polar surface area (TPSA) is 82.4 Å². The molecule has 2 aliphatic heterocycles. The number of hydrogen-bond acceptors (Lipinski definition) is 4. The summed E-state index contributed by atoms with van der Waals surface area (Å²) in [7, 11) is 0. The second-order valence-corrected chi connectivity index (χ2v) is 10.7. The van der Waals surface area contributed by atoms with Gasteiger partial charge in [-0.15, -0.1) is 0 Å². The number of piperidine rings is 1. The maximum Gasteiger partial charge on any atom is 0.272 e. The first-order chi connectivity index (χ1) is 17.9. The number of nitrogens with two attached hydrogens (primary N) is 1. The predicted molar refractivity (Wildman–Crippen MR) is 145 cm³/mol. The molecule has 2 saturated heterocycles. The van der Waals surface area contributed by atoms with Crippen LogP contribution in [0.1, 0.15) is 58.5 Å². The van der Waals surface area contributed by atoms with Crippen molar-refractivity contribution in [2.24, 2.45) is 11.7 Å². The molecule has 2 aliphatic rings. The van der Waals surface area contributed by atoms with E-state index in [9.17, 15) is 14.0 Å². The summed E-state index contributed by atoms with van der Waals surface area (Å²) >= 11 is 6.64. The molecule has 196 valence electrons. The zero-order chi connectivity index (χ0) is 25.9. The molecular formula is C29H34ClFN4O2. The third-order valence-corrected chi connectivity index (χ3v) is 8.34. The summed E-state index contributed by atoms with van der Waals surface area (Å²) in [5, 5.41) is 1.34. The lowest BCUT2D eigenvalue weighted by Crippen LogP contribution is -2.41. The number of aromatic nitrogens is 1. The van der Waals surface area contributed by atoms with E-state index in [2.05, 4.69) is 9.88 Å². The highest BCUT2D eigenvalue weighted by Gasteiger charge is 2.33. The van der Waals surface area contributed by atoms with Gasteiger partial charge in [-0.2, -0.15) is 0 Å². The Labute approximate surface area is 221 Å². The Kier molecular flexibility index (Phi) is 7.93. The Morgan fingerprint density at radius 2 is 1.81 bits per heavy atom. The summed E-state index contributed by atoms with van der Waals surface area (Å²) in [5.74, 6) is -0.264. The number of likely N-dealkylation sites (tertiary alicyclic amines) is 2. The first-order valence-corrected chi connectivity index (χ1v) is 13.7. The fourth-order valence-corrected chi connectivity index (χ4v) is 6.12. The summed E-state index contributed by atoms with van der Waals surface area (Å²) in [6.07, 6.45) is 5.27. The van der Waals surface area contributed by atoms with Gasteiger partial charge in [-0.1, -0.05) is 23.7 Å². The fraction of sp³-hybridized carbons (Fsp3) is 0.448. The minimum atomic E-state index is -0.325. The molecule has 0 radical (unpaired) electrons. The molecular weight excluding hydrogens is 491 g/mol. The molecule has 0 aliphatic carbocycles. The number of ketones is 1. The molecule has 8 heteroatoms. The van der Waals surface area contributed by atoms with Crippen molar-refractivity contribution in [3.05, 3.63) is 70.1 Å². The van der Waals surface area contributed by atoms with Gasteiger partial charge >= 0.3 is 0 Å². The van der Waals surface area contributed by atoms with Crippen LogP contribution in [0.15, 0.2) is 42.5 Å². The summed E-state index contributed by atoms with van der Waals surface area (Å²) in [6, 6.07) is 12.0. The van der Waals surface area contributed by atoms with Crippen LogP contribution in [-0.2, 0) is 6.42 Å². The Hall–Kier alpha value is -2.74. The highest BCUT2D eigenvalue weighted by Crippen LogP contribution is 2.32. The SMILES string of the molecule is NCCc1ccc2c(Cl)c(C(=O)N3CCC[C@H]3CCN3CCC(C(=O)c4ccc(F)cc4)CC3)[nH]c2c1. The van der Waals surface area contributed by atoms with E-state index in [1.54, 1.807) is 12.1 Å². The van der Waals surface area contributed by atoms with Crippen molar-refractivity contribution in [3.63, 3.8) is 0 Å². The Morgan fingerprint density at radius 1 is 1.05 bits per heavy atom. The van der Waals surface area contributed by atoms with Crippen molar-refractivity contribution in [2.75, 3.05) is 32.7 Å². The smallest absolute Gasteiger partial charge is 0.272 e. The van der Waals surface area contributed by atoms with Crippen molar-refractivity contribution in [2.45, 2.75) is 44.6 Å². The second-order valence-electron chi connectivity index (χ2n) is 10.3. The van der Waals surface area contributed by atoms with Crippen LogP contribution < -0.4 is 5.73 Å². The molecule has 1 atom stereocenters. The van der Waals surface area contributed by atoms with Gasteiger partial charge in [-0.05, 0) is 94.1 Å². The molecule has 0 spiro atoms. The van der Waals surface area contributed by atoms with Crippen LogP contribution in [0.4, 0.5) is 4.39 Å². The average Bonchev–Trinajstić information content (AvgIpc) is 3.52. The number of H-pyrrole nitrogens is 1. The summed E-state index contributed by atoms with van der Waals surface area (Å²) < 4.78 is 13.2. The summed E-state index contributed by atoms with van der Waals surface area (Å²) in [6.45, 7) is 3.93. The number of nitrogens with zero attached hydrogens (tertiary/aromatic N) is 2. The maximum absolute atomic E-state index is 13.5. The normalized spacial score (nSPS) is 19.1. The van der Waals surface area contributed by atoms with E-state index >= 15 is 0 Å². The number of aromatic amines is 1.